The van der Waals surface area contributed by atoms with Crippen LogP contribution in [0, 0.1) is 11.6 Å². The van der Waals surface area contributed by atoms with Gasteiger partial charge in [-0.3, -0.25) is 4.99 Å². The minimum absolute atomic E-state index is 0.00234. The Bertz CT molecular complexity index is 1200. The lowest BCUT2D eigenvalue weighted by atomic mass is 9.94. The van der Waals surface area contributed by atoms with E-state index in [1.54, 1.807) is 16.5 Å². The molecule has 0 amide bonds. The average Bonchev–Trinajstić information content (AvgIpc) is 3.34. The quantitative estimate of drug-likeness (QED) is 0.674. The van der Waals surface area contributed by atoms with E-state index in [1.165, 1.54) is 24.5 Å². The highest BCUT2D eigenvalue weighted by molar-refractivity contribution is 7.88. The Hall–Kier alpha value is -2.70. The molecule has 2 aromatic rings. The number of hydrogen-bond acceptors (Lipinski definition) is 8. The van der Waals surface area contributed by atoms with Crippen LogP contribution in [0.1, 0.15) is 23.0 Å². The van der Waals surface area contributed by atoms with Crippen molar-refractivity contribution >= 4 is 33.2 Å². The van der Waals surface area contributed by atoms with Crippen LogP contribution >= 0.6 is 11.3 Å². The van der Waals surface area contributed by atoms with E-state index in [0.29, 0.717) is 16.5 Å². The highest BCUT2D eigenvalue weighted by atomic mass is 32.2. The van der Waals surface area contributed by atoms with Crippen LogP contribution in [0.25, 0.3) is 0 Å². The van der Waals surface area contributed by atoms with Crippen molar-refractivity contribution in [3.63, 3.8) is 0 Å². The standard InChI is InChI=1S/C19H18F2N4O4S2/c1-29-19(26)15-14-8-11(24-31(2,27)28)9-25(14)17(18-22-5-6-30-18)23-16(15)12-4-3-10(20)7-13(12)21/h3-7,11,16,24H,8-9H2,1-2H3/t11-,16-/m0/s1. The molecule has 31 heavy (non-hydrogen) atoms. The van der Waals surface area contributed by atoms with Gasteiger partial charge in [-0.15, -0.1) is 11.3 Å². The van der Waals surface area contributed by atoms with Crippen molar-refractivity contribution in [3.05, 3.63) is 63.3 Å². The molecular weight excluding hydrogens is 450 g/mol. The van der Waals surface area contributed by atoms with Crippen molar-refractivity contribution in [3.8, 4) is 0 Å². The molecule has 164 valence electrons. The number of carbonyl (C=O) groups is 1. The molecule has 0 spiro atoms. The summed E-state index contributed by atoms with van der Waals surface area (Å²) in [7, 11) is -2.32. The van der Waals surface area contributed by atoms with Crippen LogP contribution in [0.15, 0.2) is 46.0 Å². The summed E-state index contributed by atoms with van der Waals surface area (Å²) >= 11 is 1.30. The summed E-state index contributed by atoms with van der Waals surface area (Å²) in [6, 6.07) is 1.41. The van der Waals surface area contributed by atoms with E-state index in [4.69, 9.17) is 4.74 Å². The highest BCUT2D eigenvalue weighted by Gasteiger charge is 2.43. The van der Waals surface area contributed by atoms with Gasteiger partial charge in [-0.05, 0) is 6.07 Å². The van der Waals surface area contributed by atoms with E-state index in [-0.39, 0.29) is 24.1 Å². The van der Waals surface area contributed by atoms with Gasteiger partial charge in [0.1, 0.15) is 17.7 Å². The predicted octanol–water partition coefficient (Wildman–Crippen LogP) is 1.97. The van der Waals surface area contributed by atoms with Gasteiger partial charge in [0.05, 0.1) is 18.9 Å². The molecule has 0 aliphatic carbocycles. The summed E-state index contributed by atoms with van der Waals surface area (Å²) in [5.74, 6) is -1.96. The van der Waals surface area contributed by atoms with Crippen LogP contribution in [-0.2, 0) is 19.6 Å². The van der Waals surface area contributed by atoms with Crippen molar-refractivity contribution in [1.29, 1.82) is 0 Å². The summed E-state index contributed by atoms with van der Waals surface area (Å²) < 4.78 is 59.2. The fourth-order valence-corrected chi connectivity index (χ4v) is 5.20. The zero-order chi connectivity index (χ0) is 22.3. The maximum atomic E-state index is 14.7. The van der Waals surface area contributed by atoms with Crippen LogP contribution in [0.5, 0.6) is 0 Å². The van der Waals surface area contributed by atoms with E-state index >= 15 is 0 Å². The molecule has 2 atom stereocenters. The lowest BCUT2D eigenvalue weighted by Crippen LogP contribution is -2.39. The number of esters is 1. The molecule has 2 aliphatic rings. The lowest BCUT2D eigenvalue weighted by molar-refractivity contribution is -0.136. The molecule has 1 aromatic carbocycles. The molecule has 0 radical (unpaired) electrons. The van der Waals surface area contributed by atoms with Crippen LogP contribution < -0.4 is 4.72 Å². The topological polar surface area (TPSA) is 101 Å². The first-order valence-corrected chi connectivity index (χ1v) is 11.9. The Morgan fingerprint density at radius 3 is 2.74 bits per heavy atom. The monoisotopic (exact) mass is 468 g/mol. The van der Waals surface area contributed by atoms with Gasteiger partial charge < -0.3 is 9.64 Å². The number of rotatable bonds is 5. The number of aromatic nitrogens is 1. The molecule has 8 nitrogen and oxygen atoms in total. The van der Waals surface area contributed by atoms with Gasteiger partial charge in [0.15, 0.2) is 10.8 Å². The molecule has 0 unspecified atom stereocenters. The highest BCUT2D eigenvalue weighted by Crippen LogP contribution is 2.41. The van der Waals surface area contributed by atoms with Gasteiger partial charge in [0.2, 0.25) is 10.0 Å². The van der Waals surface area contributed by atoms with E-state index in [2.05, 4.69) is 14.7 Å². The SMILES string of the molecule is COC(=O)C1=C2C[C@H](NS(C)(=O)=O)CN2C(c2nccs2)=N[C@H]1c1ccc(F)cc1F. The summed E-state index contributed by atoms with van der Waals surface area (Å²) in [5.41, 5.74) is 0.538. The first-order chi connectivity index (χ1) is 14.7. The molecule has 0 saturated carbocycles. The number of halogens is 2. The molecule has 12 heteroatoms. The van der Waals surface area contributed by atoms with Crippen LogP contribution in [-0.4, -0.2) is 56.1 Å². The first kappa shape index (κ1) is 21.5. The molecule has 1 saturated heterocycles. The summed E-state index contributed by atoms with van der Waals surface area (Å²) in [5, 5.41) is 2.27. The smallest absolute Gasteiger partial charge is 0.338 e. The fourth-order valence-electron chi connectivity index (χ4n) is 3.80. The third kappa shape index (κ3) is 4.23. The first-order valence-electron chi connectivity index (χ1n) is 9.16. The Kier molecular flexibility index (Phi) is 5.62. The number of fused-ring (bicyclic) bond motifs is 1. The van der Waals surface area contributed by atoms with Gasteiger partial charge >= 0.3 is 5.97 Å². The maximum Gasteiger partial charge on any atom is 0.338 e. The van der Waals surface area contributed by atoms with Gasteiger partial charge in [-0.25, -0.2) is 31.7 Å². The number of methoxy groups -OCH3 is 1. The summed E-state index contributed by atoms with van der Waals surface area (Å²) in [4.78, 5) is 23.3. The number of nitrogens with one attached hydrogen (secondary N) is 1. The van der Waals surface area contributed by atoms with Crippen molar-refractivity contribution < 1.29 is 26.7 Å². The minimum Gasteiger partial charge on any atom is -0.466 e. The normalized spacial score (nSPS) is 21.2. The van der Waals surface area contributed by atoms with Crippen LogP contribution in [0.3, 0.4) is 0 Å². The number of sulfonamides is 1. The minimum atomic E-state index is -3.51. The second-order valence-corrected chi connectivity index (χ2v) is 9.79. The number of carbonyl (C=O) groups excluding carboxylic acids is 1. The fraction of sp³-hybridized carbons (Fsp3) is 0.316. The number of nitrogens with zero attached hydrogens (tertiary/aromatic N) is 3. The molecule has 2 aliphatic heterocycles. The summed E-state index contributed by atoms with van der Waals surface area (Å²) in [6.07, 6.45) is 2.80. The molecule has 0 bridgehead atoms. The van der Waals surface area contributed by atoms with Crippen molar-refractivity contribution in [2.24, 2.45) is 4.99 Å². The Labute approximate surface area is 181 Å². The number of hydrogen-bond donors (Lipinski definition) is 1. The lowest BCUT2D eigenvalue weighted by Gasteiger charge is -2.31. The second-order valence-electron chi connectivity index (χ2n) is 7.11. The van der Waals surface area contributed by atoms with Gasteiger partial charge in [0, 0.05) is 47.9 Å². The van der Waals surface area contributed by atoms with Crippen molar-refractivity contribution in [1.82, 2.24) is 14.6 Å². The van der Waals surface area contributed by atoms with Crippen molar-refractivity contribution in [2.45, 2.75) is 18.5 Å². The largest absolute Gasteiger partial charge is 0.466 e. The maximum absolute atomic E-state index is 14.7. The molecular formula is C19H18F2N4O4S2. The van der Waals surface area contributed by atoms with Crippen LogP contribution in [0.4, 0.5) is 8.78 Å². The van der Waals surface area contributed by atoms with E-state index in [0.717, 1.165) is 18.4 Å². The molecule has 1 aromatic heterocycles. The van der Waals surface area contributed by atoms with Gasteiger partial charge in [-0.2, -0.15) is 0 Å². The second kappa shape index (κ2) is 8.09. The molecule has 4 rings (SSSR count). The van der Waals surface area contributed by atoms with Crippen LogP contribution in [0.2, 0.25) is 0 Å². The molecule has 1 N–H and O–H groups in total. The third-order valence-corrected chi connectivity index (χ3v) is 6.46. The number of thiazole rings is 1. The average molecular weight is 469 g/mol. The van der Waals surface area contributed by atoms with Gasteiger partial charge in [0.25, 0.3) is 0 Å². The van der Waals surface area contributed by atoms with E-state index in [1.807, 2.05) is 0 Å². The number of aliphatic imine (C=N–C) groups is 1. The Balaban J connectivity index is 1.89. The third-order valence-electron chi connectivity index (χ3n) is 4.93. The predicted molar refractivity (Wildman–Crippen MR) is 110 cm³/mol. The molecule has 3 heterocycles. The van der Waals surface area contributed by atoms with Crippen molar-refractivity contribution in [2.75, 3.05) is 19.9 Å². The summed E-state index contributed by atoms with van der Waals surface area (Å²) in [6.45, 7) is 0.208. The zero-order valence-corrected chi connectivity index (χ0v) is 18.1. The Morgan fingerprint density at radius 1 is 1.35 bits per heavy atom. The number of ether oxygens (including phenoxy) is 1. The van der Waals surface area contributed by atoms with Gasteiger partial charge in [-0.1, -0.05) is 6.07 Å². The Morgan fingerprint density at radius 2 is 2.13 bits per heavy atom. The zero-order valence-electron chi connectivity index (χ0n) is 16.5. The number of benzene rings is 1. The number of amidine groups is 1. The van der Waals surface area contributed by atoms with E-state index < -0.39 is 39.7 Å². The van der Waals surface area contributed by atoms with E-state index in [9.17, 15) is 22.0 Å². The molecule has 1 fully saturated rings.